The summed E-state index contributed by atoms with van der Waals surface area (Å²) in [5.74, 6) is -1.05. The summed E-state index contributed by atoms with van der Waals surface area (Å²) in [5.41, 5.74) is 1.25. The van der Waals surface area contributed by atoms with Crippen LogP contribution in [0, 0.1) is 0 Å². The van der Waals surface area contributed by atoms with Gasteiger partial charge in [0.25, 0.3) is 0 Å². The number of aromatic nitrogens is 3. The van der Waals surface area contributed by atoms with E-state index in [9.17, 15) is 4.79 Å². The highest BCUT2D eigenvalue weighted by atomic mass is 16.4. The predicted octanol–water partition coefficient (Wildman–Crippen LogP) is 1.71. The molecule has 1 N–H and O–H groups in total. The summed E-state index contributed by atoms with van der Waals surface area (Å²) in [6.45, 7) is 4.03. The highest BCUT2D eigenvalue weighted by Crippen LogP contribution is 2.18. The summed E-state index contributed by atoms with van der Waals surface area (Å²) in [5, 5.41) is 8.92. The first kappa shape index (κ1) is 9.64. The second-order valence-corrected chi connectivity index (χ2v) is 3.58. The largest absolute Gasteiger partial charge is 0.476 e. The van der Waals surface area contributed by atoms with Crippen LogP contribution in [0.1, 0.15) is 30.4 Å². The third kappa shape index (κ3) is 1.45. The number of nitrogens with zero attached hydrogens (tertiary/aromatic N) is 3. The second kappa shape index (κ2) is 3.34. The molecule has 5 heteroatoms. The highest BCUT2D eigenvalue weighted by molar-refractivity contribution is 5.98. The monoisotopic (exact) mass is 205 g/mol. The van der Waals surface area contributed by atoms with Crippen LogP contribution in [0.5, 0.6) is 0 Å². The Hall–Kier alpha value is -1.91. The number of aromatic carboxylic acids is 1. The molecule has 0 fully saturated rings. The van der Waals surface area contributed by atoms with Crippen LogP contribution in [0.2, 0.25) is 0 Å². The van der Waals surface area contributed by atoms with E-state index in [1.54, 1.807) is 12.4 Å². The van der Waals surface area contributed by atoms with Crippen molar-refractivity contribution in [3.63, 3.8) is 0 Å². The predicted molar refractivity (Wildman–Crippen MR) is 54.9 cm³/mol. The zero-order valence-electron chi connectivity index (χ0n) is 8.51. The SMILES string of the molecule is CC(C)n1cnc2c(C(=O)O)nccc21. The number of fused-ring (bicyclic) bond motifs is 1. The van der Waals surface area contributed by atoms with Gasteiger partial charge in [-0.15, -0.1) is 0 Å². The molecule has 0 radical (unpaired) electrons. The molecule has 2 rings (SSSR count). The lowest BCUT2D eigenvalue weighted by molar-refractivity contribution is 0.0692. The van der Waals surface area contributed by atoms with Crippen molar-refractivity contribution in [2.45, 2.75) is 19.9 Å². The van der Waals surface area contributed by atoms with Gasteiger partial charge in [-0.3, -0.25) is 0 Å². The van der Waals surface area contributed by atoms with Crippen LogP contribution in [0.25, 0.3) is 11.0 Å². The Balaban J connectivity index is 2.74. The molecule has 2 aromatic rings. The molecule has 0 saturated heterocycles. The fourth-order valence-electron chi connectivity index (χ4n) is 1.53. The van der Waals surface area contributed by atoms with Gasteiger partial charge < -0.3 is 9.67 Å². The van der Waals surface area contributed by atoms with Crippen molar-refractivity contribution in [1.29, 1.82) is 0 Å². The Morgan fingerprint density at radius 3 is 2.80 bits per heavy atom. The first-order valence-electron chi connectivity index (χ1n) is 4.66. The molecular formula is C10H11N3O2. The van der Waals surface area contributed by atoms with Gasteiger partial charge in [-0.1, -0.05) is 0 Å². The zero-order chi connectivity index (χ0) is 11.0. The van der Waals surface area contributed by atoms with Gasteiger partial charge in [0.2, 0.25) is 0 Å². The normalized spacial score (nSPS) is 11.1. The van der Waals surface area contributed by atoms with Gasteiger partial charge in [0, 0.05) is 12.2 Å². The third-order valence-electron chi connectivity index (χ3n) is 2.25. The van der Waals surface area contributed by atoms with Crippen molar-refractivity contribution in [3.8, 4) is 0 Å². The lowest BCUT2D eigenvalue weighted by Gasteiger charge is -2.07. The number of pyridine rings is 1. The maximum atomic E-state index is 10.9. The number of carbonyl (C=O) groups is 1. The van der Waals surface area contributed by atoms with Crippen molar-refractivity contribution in [2.24, 2.45) is 0 Å². The first-order chi connectivity index (χ1) is 7.11. The summed E-state index contributed by atoms with van der Waals surface area (Å²) in [4.78, 5) is 18.8. The average molecular weight is 205 g/mol. The van der Waals surface area contributed by atoms with E-state index < -0.39 is 5.97 Å². The van der Waals surface area contributed by atoms with Crippen LogP contribution in [-0.2, 0) is 0 Å². The van der Waals surface area contributed by atoms with Crippen molar-refractivity contribution in [2.75, 3.05) is 0 Å². The smallest absolute Gasteiger partial charge is 0.356 e. The number of rotatable bonds is 2. The van der Waals surface area contributed by atoms with E-state index in [2.05, 4.69) is 9.97 Å². The zero-order valence-corrected chi connectivity index (χ0v) is 8.51. The van der Waals surface area contributed by atoms with Crippen molar-refractivity contribution < 1.29 is 9.90 Å². The Kier molecular flexibility index (Phi) is 2.15. The van der Waals surface area contributed by atoms with E-state index in [-0.39, 0.29) is 11.7 Å². The molecule has 0 aliphatic carbocycles. The summed E-state index contributed by atoms with van der Waals surface area (Å²) in [6.07, 6.45) is 3.13. The number of hydrogen-bond donors (Lipinski definition) is 1. The molecule has 0 unspecified atom stereocenters. The third-order valence-corrected chi connectivity index (χ3v) is 2.25. The van der Waals surface area contributed by atoms with Crippen molar-refractivity contribution >= 4 is 17.0 Å². The van der Waals surface area contributed by atoms with Crippen LogP contribution >= 0.6 is 0 Å². The van der Waals surface area contributed by atoms with Gasteiger partial charge in [-0.25, -0.2) is 14.8 Å². The maximum absolute atomic E-state index is 10.9. The number of imidazole rings is 1. The minimum absolute atomic E-state index is 0.00639. The maximum Gasteiger partial charge on any atom is 0.356 e. The molecule has 2 heterocycles. The molecule has 5 nitrogen and oxygen atoms in total. The fraction of sp³-hybridized carbons (Fsp3) is 0.300. The summed E-state index contributed by atoms with van der Waals surface area (Å²) >= 11 is 0. The topological polar surface area (TPSA) is 68.0 Å². The van der Waals surface area contributed by atoms with Gasteiger partial charge in [-0.05, 0) is 19.9 Å². The van der Waals surface area contributed by atoms with E-state index in [1.165, 1.54) is 6.20 Å². The molecule has 15 heavy (non-hydrogen) atoms. The van der Waals surface area contributed by atoms with Gasteiger partial charge in [0.1, 0.15) is 5.52 Å². The Morgan fingerprint density at radius 2 is 2.20 bits per heavy atom. The number of hydrogen-bond acceptors (Lipinski definition) is 3. The molecule has 78 valence electrons. The molecule has 0 atom stereocenters. The molecule has 0 bridgehead atoms. The minimum Gasteiger partial charge on any atom is -0.476 e. The number of carboxylic acid groups (broad SMARTS) is 1. The van der Waals surface area contributed by atoms with Gasteiger partial charge >= 0.3 is 5.97 Å². The summed E-state index contributed by atoms with van der Waals surface area (Å²) < 4.78 is 1.92. The van der Waals surface area contributed by atoms with Crippen LogP contribution in [0.4, 0.5) is 0 Å². The van der Waals surface area contributed by atoms with E-state index in [4.69, 9.17) is 5.11 Å². The molecule has 0 aliphatic rings. The lowest BCUT2D eigenvalue weighted by Crippen LogP contribution is -2.02. The first-order valence-corrected chi connectivity index (χ1v) is 4.66. The molecular weight excluding hydrogens is 194 g/mol. The fourth-order valence-corrected chi connectivity index (χ4v) is 1.53. The minimum atomic E-state index is -1.05. The van der Waals surface area contributed by atoms with E-state index in [0.717, 1.165) is 5.52 Å². The average Bonchev–Trinajstić information content (AvgIpc) is 2.59. The molecule has 0 aliphatic heterocycles. The second-order valence-electron chi connectivity index (χ2n) is 3.58. The van der Waals surface area contributed by atoms with Crippen molar-refractivity contribution in [1.82, 2.24) is 14.5 Å². The standard InChI is InChI=1S/C10H11N3O2/c1-6(2)13-5-12-8-7(13)3-4-11-9(8)10(14)15/h3-6H,1-2H3,(H,14,15). The van der Waals surface area contributed by atoms with E-state index >= 15 is 0 Å². The Bertz CT molecular complexity index is 516. The van der Waals surface area contributed by atoms with Crippen LogP contribution in [0.3, 0.4) is 0 Å². The molecule has 0 amide bonds. The summed E-state index contributed by atoms with van der Waals surface area (Å²) in [7, 11) is 0. The lowest BCUT2D eigenvalue weighted by atomic mass is 10.3. The molecule has 0 spiro atoms. The van der Waals surface area contributed by atoms with Crippen LogP contribution < -0.4 is 0 Å². The van der Waals surface area contributed by atoms with E-state index in [1.807, 2.05) is 18.4 Å². The quantitative estimate of drug-likeness (QED) is 0.810. The van der Waals surface area contributed by atoms with Crippen LogP contribution in [0.15, 0.2) is 18.6 Å². The number of carboxylic acids is 1. The van der Waals surface area contributed by atoms with Gasteiger partial charge in [-0.2, -0.15) is 0 Å². The molecule has 2 aromatic heterocycles. The van der Waals surface area contributed by atoms with Gasteiger partial charge in [0.15, 0.2) is 5.69 Å². The van der Waals surface area contributed by atoms with Gasteiger partial charge in [0.05, 0.1) is 11.8 Å². The van der Waals surface area contributed by atoms with Crippen molar-refractivity contribution in [3.05, 3.63) is 24.3 Å². The Labute approximate surface area is 86.4 Å². The summed E-state index contributed by atoms with van der Waals surface area (Å²) in [6, 6.07) is 2.02. The molecule has 0 saturated carbocycles. The van der Waals surface area contributed by atoms with E-state index in [0.29, 0.717) is 5.52 Å². The van der Waals surface area contributed by atoms with Crippen LogP contribution in [-0.4, -0.2) is 25.6 Å². The molecule has 0 aromatic carbocycles. The Morgan fingerprint density at radius 1 is 1.47 bits per heavy atom. The highest BCUT2D eigenvalue weighted by Gasteiger charge is 2.14.